The van der Waals surface area contributed by atoms with E-state index in [4.69, 9.17) is 17.3 Å². The highest BCUT2D eigenvalue weighted by molar-refractivity contribution is 6.30. The second-order valence-corrected chi connectivity index (χ2v) is 6.83. The second kappa shape index (κ2) is 8.19. The average molecular weight is 372 g/mol. The predicted octanol–water partition coefficient (Wildman–Crippen LogP) is 2.17. The summed E-state index contributed by atoms with van der Waals surface area (Å²) >= 11 is 5.94. The van der Waals surface area contributed by atoms with Crippen molar-refractivity contribution in [2.24, 2.45) is 11.7 Å². The third-order valence-electron chi connectivity index (χ3n) is 4.77. The maximum absolute atomic E-state index is 12.5. The fourth-order valence-corrected chi connectivity index (χ4v) is 3.62. The van der Waals surface area contributed by atoms with Gasteiger partial charge in [0.15, 0.2) is 0 Å². The highest BCUT2D eigenvalue weighted by Crippen LogP contribution is 2.26. The number of carbonyl (C=O) groups excluding carboxylic acids is 2. The minimum absolute atomic E-state index is 0. The minimum atomic E-state index is -0.0255. The molecule has 1 saturated heterocycles. The van der Waals surface area contributed by atoms with Gasteiger partial charge in [0.25, 0.3) is 5.91 Å². The number of piperazine rings is 1. The summed E-state index contributed by atoms with van der Waals surface area (Å²) in [5.41, 5.74) is 6.49. The van der Waals surface area contributed by atoms with Crippen molar-refractivity contribution in [1.82, 2.24) is 9.80 Å². The lowest BCUT2D eigenvalue weighted by atomic mass is 10.1. The molecule has 2 aliphatic rings. The first-order chi connectivity index (χ1) is 11.0. The smallest absolute Gasteiger partial charge is 0.254 e. The number of rotatable bonds is 2. The quantitative estimate of drug-likeness (QED) is 0.865. The molecule has 1 saturated carbocycles. The largest absolute Gasteiger partial charge is 0.339 e. The van der Waals surface area contributed by atoms with Crippen LogP contribution < -0.4 is 5.73 Å². The van der Waals surface area contributed by atoms with Crippen LogP contribution in [0.15, 0.2) is 24.3 Å². The van der Waals surface area contributed by atoms with Crippen molar-refractivity contribution in [1.29, 1.82) is 0 Å². The molecule has 3 rings (SSSR count). The van der Waals surface area contributed by atoms with Crippen molar-refractivity contribution in [3.05, 3.63) is 34.9 Å². The number of amides is 2. The fraction of sp³-hybridized carbons (Fsp3) is 0.529. The van der Waals surface area contributed by atoms with Crippen LogP contribution in [0.5, 0.6) is 0 Å². The third-order valence-corrected chi connectivity index (χ3v) is 5.01. The van der Waals surface area contributed by atoms with E-state index < -0.39 is 0 Å². The van der Waals surface area contributed by atoms with E-state index in [1.54, 1.807) is 29.2 Å². The van der Waals surface area contributed by atoms with E-state index in [0.717, 1.165) is 19.3 Å². The molecule has 2 fully saturated rings. The molecule has 1 aliphatic carbocycles. The summed E-state index contributed by atoms with van der Waals surface area (Å²) in [7, 11) is 0. The number of nitrogens with zero attached hydrogens (tertiary/aromatic N) is 2. The molecule has 0 bridgehead atoms. The molecular weight excluding hydrogens is 349 g/mol. The first kappa shape index (κ1) is 19.0. The Morgan fingerprint density at radius 3 is 2.33 bits per heavy atom. The summed E-state index contributed by atoms with van der Waals surface area (Å²) in [5.74, 6) is 0.246. The maximum Gasteiger partial charge on any atom is 0.254 e. The Labute approximate surface area is 153 Å². The van der Waals surface area contributed by atoms with Gasteiger partial charge in [-0.3, -0.25) is 9.59 Å². The lowest BCUT2D eigenvalue weighted by Crippen LogP contribution is -2.51. The van der Waals surface area contributed by atoms with Crippen LogP contribution in [0.4, 0.5) is 0 Å². The van der Waals surface area contributed by atoms with E-state index in [0.29, 0.717) is 36.8 Å². The molecule has 0 spiro atoms. The lowest BCUT2D eigenvalue weighted by Gasteiger charge is -2.36. The fourth-order valence-electron chi connectivity index (χ4n) is 3.43. The van der Waals surface area contributed by atoms with Crippen molar-refractivity contribution in [2.75, 3.05) is 26.2 Å². The van der Waals surface area contributed by atoms with E-state index in [2.05, 4.69) is 0 Å². The monoisotopic (exact) mass is 371 g/mol. The van der Waals surface area contributed by atoms with Gasteiger partial charge in [0, 0.05) is 48.7 Å². The minimum Gasteiger partial charge on any atom is -0.339 e. The first-order valence-corrected chi connectivity index (χ1v) is 8.51. The lowest BCUT2D eigenvalue weighted by molar-refractivity contribution is -0.136. The van der Waals surface area contributed by atoms with Crippen molar-refractivity contribution >= 4 is 35.8 Å². The Hall–Kier alpha value is -1.30. The number of halogens is 2. The zero-order chi connectivity index (χ0) is 16.4. The molecule has 2 N–H and O–H groups in total. The standard InChI is InChI=1S/C17H22ClN3O2.ClH/c18-14-3-1-2-12(10-14)16(22)20-6-8-21(9-7-20)17(23)13-4-5-15(19)11-13;/h1-3,10,13,15H,4-9,11,19H2;1H. The SMILES string of the molecule is Cl.NC1CCC(C(=O)N2CCN(C(=O)c3cccc(Cl)c3)CC2)C1. The maximum atomic E-state index is 12.5. The van der Waals surface area contributed by atoms with Crippen LogP contribution in [-0.4, -0.2) is 53.8 Å². The topological polar surface area (TPSA) is 66.6 Å². The van der Waals surface area contributed by atoms with Gasteiger partial charge in [0.2, 0.25) is 5.91 Å². The number of benzene rings is 1. The molecular formula is C17H23Cl2N3O2. The van der Waals surface area contributed by atoms with Gasteiger partial charge in [0.1, 0.15) is 0 Å². The Kier molecular flexibility index (Phi) is 6.49. The van der Waals surface area contributed by atoms with Gasteiger partial charge in [-0.05, 0) is 37.5 Å². The van der Waals surface area contributed by atoms with E-state index >= 15 is 0 Å². The second-order valence-electron chi connectivity index (χ2n) is 6.40. The van der Waals surface area contributed by atoms with Crippen molar-refractivity contribution < 1.29 is 9.59 Å². The van der Waals surface area contributed by atoms with Crippen molar-refractivity contribution in [3.8, 4) is 0 Å². The Morgan fingerprint density at radius 1 is 1.08 bits per heavy atom. The van der Waals surface area contributed by atoms with Gasteiger partial charge in [0.05, 0.1) is 0 Å². The van der Waals surface area contributed by atoms with Crippen molar-refractivity contribution in [3.63, 3.8) is 0 Å². The molecule has 5 nitrogen and oxygen atoms in total. The molecule has 0 aromatic heterocycles. The highest BCUT2D eigenvalue weighted by atomic mass is 35.5. The summed E-state index contributed by atoms with van der Waals surface area (Å²) in [6.07, 6.45) is 2.62. The van der Waals surface area contributed by atoms with Gasteiger partial charge in [-0.15, -0.1) is 12.4 Å². The Bertz CT molecular complexity index is 603. The highest BCUT2D eigenvalue weighted by Gasteiger charge is 2.33. The van der Waals surface area contributed by atoms with E-state index in [1.165, 1.54) is 0 Å². The molecule has 1 aliphatic heterocycles. The molecule has 2 amide bonds. The van der Waals surface area contributed by atoms with E-state index in [9.17, 15) is 9.59 Å². The van der Waals surface area contributed by atoms with E-state index in [1.807, 2.05) is 4.90 Å². The van der Waals surface area contributed by atoms with Crippen molar-refractivity contribution in [2.45, 2.75) is 25.3 Å². The summed E-state index contributed by atoms with van der Waals surface area (Å²) in [6, 6.07) is 7.14. The van der Waals surface area contributed by atoms with E-state index in [-0.39, 0.29) is 36.2 Å². The van der Waals surface area contributed by atoms with Gasteiger partial charge >= 0.3 is 0 Å². The van der Waals surface area contributed by atoms with Crippen LogP contribution >= 0.6 is 24.0 Å². The van der Waals surface area contributed by atoms with Crippen LogP contribution in [0.1, 0.15) is 29.6 Å². The molecule has 7 heteroatoms. The molecule has 1 heterocycles. The zero-order valence-electron chi connectivity index (χ0n) is 13.5. The van der Waals surface area contributed by atoms with Gasteiger partial charge in [-0.1, -0.05) is 17.7 Å². The summed E-state index contributed by atoms with van der Waals surface area (Å²) < 4.78 is 0. The number of nitrogens with two attached hydrogens (primary N) is 1. The van der Waals surface area contributed by atoms with Crippen LogP contribution in [-0.2, 0) is 4.79 Å². The summed E-state index contributed by atoms with van der Waals surface area (Å²) in [4.78, 5) is 28.6. The number of hydrogen-bond donors (Lipinski definition) is 1. The summed E-state index contributed by atoms with van der Waals surface area (Å²) in [5, 5.41) is 0.558. The molecule has 1 aromatic carbocycles. The zero-order valence-corrected chi connectivity index (χ0v) is 15.1. The number of hydrogen-bond acceptors (Lipinski definition) is 3. The van der Waals surface area contributed by atoms with Crippen LogP contribution in [0.25, 0.3) is 0 Å². The van der Waals surface area contributed by atoms with Gasteiger partial charge in [-0.2, -0.15) is 0 Å². The third kappa shape index (κ3) is 4.21. The molecule has 132 valence electrons. The normalized spacial score (nSPS) is 23.8. The summed E-state index contributed by atoms with van der Waals surface area (Å²) in [6.45, 7) is 2.32. The molecule has 24 heavy (non-hydrogen) atoms. The predicted molar refractivity (Wildman–Crippen MR) is 96.5 cm³/mol. The Balaban J connectivity index is 0.00000208. The average Bonchev–Trinajstić information content (AvgIpc) is 3.00. The molecule has 0 radical (unpaired) electrons. The molecule has 1 aromatic rings. The van der Waals surface area contributed by atoms with Gasteiger partial charge < -0.3 is 15.5 Å². The van der Waals surface area contributed by atoms with Crippen LogP contribution in [0.3, 0.4) is 0 Å². The number of carbonyl (C=O) groups is 2. The van der Waals surface area contributed by atoms with Crippen LogP contribution in [0, 0.1) is 5.92 Å². The molecule has 2 atom stereocenters. The molecule has 2 unspecified atom stereocenters. The Morgan fingerprint density at radius 2 is 1.75 bits per heavy atom. The van der Waals surface area contributed by atoms with Gasteiger partial charge in [-0.25, -0.2) is 0 Å². The van der Waals surface area contributed by atoms with Crippen LogP contribution in [0.2, 0.25) is 5.02 Å². The first-order valence-electron chi connectivity index (χ1n) is 8.14.